The van der Waals surface area contributed by atoms with Crippen LogP contribution in [0.5, 0.6) is 0 Å². The third-order valence-corrected chi connectivity index (χ3v) is 14.8. The molecular weight excluding hydrogens is 847 g/mol. The summed E-state index contributed by atoms with van der Waals surface area (Å²) >= 11 is 0. The molecular formula is C67H45N3. The van der Waals surface area contributed by atoms with Crippen LogP contribution in [0.15, 0.2) is 273 Å². The number of hydrogen-bond acceptors (Lipinski definition) is 2. The molecule has 1 spiro atoms. The molecule has 328 valence electrons. The van der Waals surface area contributed by atoms with Gasteiger partial charge in [-0.3, -0.25) is 0 Å². The van der Waals surface area contributed by atoms with Crippen molar-refractivity contribution in [2.75, 3.05) is 9.80 Å². The first-order valence-corrected chi connectivity index (χ1v) is 24.2. The Morgan fingerprint density at radius 2 is 0.700 bits per heavy atom. The lowest BCUT2D eigenvalue weighted by Gasteiger charge is -2.40. The van der Waals surface area contributed by atoms with Gasteiger partial charge in [0.25, 0.3) is 0 Å². The highest BCUT2D eigenvalue weighted by atomic mass is 15.1. The van der Waals surface area contributed by atoms with Crippen molar-refractivity contribution >= 4 is 55.9 Å². The summed E-state index contributed by atoms with van der Waals surface area (Å²) < 4.78 is 2.52. The first-order chi connectivity index (χ1) is 34.7. The molecule has 0 saturated heterocycles. The van der Waals surface area contributed by atoms with Gasteiger partial charge in [0.1, 0.15) is 0 Å². The summed E-state index contributed by atoms with van der Waals surface area (Å²) in [7, 11) is 0. The SMILES string of the molecule is c1ccc(-c2ccc(N(c3ccc(-c4ccc(N(c5ccccc5)c5ccccc5)cc4)cc3)c3ccc4c(c3)C3(c5ccccc5-4)c4ccccc4-n4c5ccccc5c5cccc3c54)cc2)cc1. The number of hydrogen-bond donors (Lipinski definition) is 0. The van der Waals surface area contributed by atoms with Crippen molar-refractivity contribution in [2.45, 2.75) is 5.41 Å². The van der Waals surface area contributed by atoms with E-state index >= 15 is 0 Å². The monoisotopic (exact) mass is 891 g/mol. The van der Waals surface area contributed by atoms with Crippen LogP contribution >= 0.6 is 0 Å². The number of aromatic nitrogens is 1. The molecule has 11 aromatic carbocycles. The van der Waals surface area contributed by atoms with Crippen LogP contribution in [0, 0.1) is 0 Å². The molecule has 12 aromatic rings. The van der Waals surface area contributed by atoms with Gasteiger partial charge < -0.3 is 14.4 Å². The van der Waals surface area contributed by atoms with Crippen molar-refractivity contribution in [2.24, 2.45) is 0 Å². The average Bonchev–Trinajstić information content (AvgIpc) is 3.93. The lowest BCUT2D eigenvalue weighted by Crippen LogP contribution is -2.33. The molecule has 3 heteroatoms. The Bertz CT molecular complexity index is 3870. The fraction of sp³-hybridized carbons (Fsp3) is 0.0149. The second-order valence-corrected chi connectivity index (χ2v) is 18.4. The highest BCUT2D eigenvalue weighted by Crippen LogP contribution is 2.61. The maximum atomic E-state index is 2.52. The van der Waals surface area contributed by atoms with E-state index in [1.807, 2.05) is 0 Å². The van der Waals surface area contributed by atoms with Gasteiger partial charge >= 0.3 is 0 Å². The summed E-state index contributed by atoms with van der Waals surface area (Å²) in [4.78, 5) is 4.74. The van der Waals surface area contributed by atoms with E-state index in [1.165, 1.54) is 72.0 Å². The van der Waals surface area contributed by atoms with Crippen LogP contribution in [0.2, 0.25) is 0 Å². The molecule has 14 rings (SSSR count). The van der Waals surface area contributed by atoms with Gasteiger partial charge in [-0.25, -0.2) is 0 Å². The van der Waals surface area contributed by atoms with E-state index in [1.54, 1.807) is 0 Å². The highest BCUT2D eigenvalue weighted by Gasteiger charge is 2.51. The third-order valence-electron chi connectivity index (χ3n) is 14.8. The van der Waals surface area contributed by atoms with Gasteiger partial charge in [0.05, 0.1) is 22.1 Å². The predicted octanol–water partition coefficient (Wildman–Crippen LogP) is 17.7. The lowest BCUT2D eigenvalue weighted by molar-refractivity contribution is 0.748. The minimum atomic E-state index is -0.558. The van der Waals surface area contributed by atoms with E-state index in [4.69, 9.17) is 0 Å². The Balaban J connectivity index is 0.923. The van der Waals surface area contributed by atoms with Crippen molar-refractivity contribution in [1.82, 2.24) is 4.57 Å². The average molecular weight is 892 g/mol. The van der Waals surface area contributed by atoms with Crippen LogP contribution in [0.25, 0.3) is 60.9 Å². The standard InChI is InChI=1S/C67H45N3/c1-4-17-46(18-5-1)47-31-39-53(40-32-47)69(54-41-35-49(36-42-54)48-33-37-52(38-34-48)68(50-19-6-2-7-20-50)51-21-8-3-9-22-51)55-43-44-57-56-23-10-12-26-60(56)67(63(57)45-55)61-27-13-15-30-65(61)70-64-29-14-11-24-58(64)59-25-16-28-62(67)66(59)70/h1-45H. The Morgan fingerprint density at radius 3 is 1.33 bits per heavy atom. The maximum absolute atomic E-state index is 2.52. The van der Waals surface area contributed by atoms with E-state index in [-0.39, 0.29) is 0 Å². The van der Waals surface area contributed by atoms with Crippen LogP contribution in [0.3, 0.4) is 0 Å². The molecule has 2 heterocycles. The first kappa shape index (κ1) is 39.9. The molecule has 1 aromatic heterocycles. The van der Waals surface area contributed by atoms with Crippen LogP contribution in [-0.2, 0) is 5.41 Å². The molecule has 0 fully saturated rings. The molecule has 0 radical (unpaired) electrons. The minimum absolute atomic E-state index is 0.558. The van der Waals surface area contributed by atoms with E-state index in [0.717, 1.165) is 45.3 Å². The van der Waals surface area contributed by atoms with Crippen LogP contribution in [0.1, 0.15) is 22.3 Å². The zero-order valence-electron chi connectivity index (χ0n) is 38.3. The fourth-order valence-corrected chi connectivity index (χ4v) is 11.8. The van der Waals surface area contributed by atoms with Gasteiger partial charge in [-0.1, -0.05) is 188 Å². The third kappa shape index (κ3) is 6.01. The lowest BCUT2D eigenvalue weighted by atomic mass is 9.65. The van der Waals surface area contributed by atoms with E-state index in [0.29, 0.717) is 0 Å². The minimum Gasteiger partial charge on any atom is -0.311 e. The second kappa shape index (κ2) is 16.0. The summed E-state index contributed by atoms with van der Waals surface area (Å²) in [5.41, 5.74) is 22.3. The molecule has 0 amide bonds. The number of benzene rings is 11. The molecule has 1 unspecified atom stereocenters. The van der Waals surface area contributed by atoms with Gasteiger partial charge in [-0.2, -0.15) is 0 Å². The van der Waals surface area contributed by atoms with Crippen LogP contribution in [0.4, 0.5) is 34.1 Å². The summed E-state index contributed by atoms with van der Waals surface area (Å²) in [6.45, 7) is 0. The summed E-state index contributed by atoms with van der Waals surface area (Å²) in [6.07, 6.45) is 0. The molecule has 0 N–H and O–H groups in total. The largest absolute Gasteiger partial charge is 0.311 e. The summed E-state index contributed by atoms with van der Waals surface area (Å²) in [5, 5.41) is 2.56. The van der Waals surface area contributed by atoms with Crippen molar-refractivity contribution in [3.8, 4) is 39.1 Å². The van der Waals surface area contributed by atoms with E-state index in [9.17, 15) is 0 Å². The molecule has 0 saturated carbocycles. The maximum Gasteiger partial charge on any atom is 0.0755 e. The number of rotatable bonds is 8. The number of para-hydroxylation sites is 5. The number of anilines is 6. The number of nitrogens with zero attached hydrogens (tertiary/aromatic N) is 3. The molecule has 2 aliphatic rings. The quantitative estimate of drug-likeness (QED) is 0.151. The highest BCUT2D eigenvalue weighted by molar-refractivity contribution is 6.13. The molecule has 1 atom stereocenters. The predicted molar refractivity (Wildman–Crippen MR) is 292 cm³/mol. The zero-order chi connectivity index (χ0) is 46.2. The van der Waals surface area contributed by atoms with Gasteiger partial charge in [-0.05, 0) is 141 Å². The Kier molecular flexibility index (Phi) is 9.11. The summed E-state index contributed by atoms with van der Waals surface area (Å²) in [5.74, 6) is 0. The van der Waals surface area contributed by atoms with Gasteiger partial charge in [0, 0.05) is 44.9 Å². The zero-order valence-corrected chi connectivity index (χ0v) is 38.3. The van der Waals surface area contributed by atoms with Gasteiger partial charge in [0.2, 0.25) is 0 Å². The van der Waals surface area contributed by atoms with Crippen molar-refractivity contribution in [1.29, 1.82) is 0 Å². The molecule has 1 aliphatic carbocycles. The van der Waals surface area contributed by atoms with Crippen molar-refractivity contribution in [3.05, 3.63) is 295 Å². The van der Waals surface area contributed by atoms with Crippen LogP contribution in [-0.4, -0.2) is 4.57 Å². The van der Waals surface area contributed by atoms with Crippen molar-refractivity contribution < 1.29 is 0 Å². The second-order valence-electron chi connectivity index (χ2n) is 18.4. The Morgan fingerprint density at radius 1 is 0.271 bits per heavy atom. The smallest absolute Gasteiger partial charge is 0.0755 e. The van der Waals surface area contributed by atoms with Crippen LogP contribution < -0.4 is 9.80 Å². The molecule has 1 aliphatic heterocycles. The van der Waals surface area contributed by atoms with E-state index < -0.39 is 5.41 Å². The Hall–Kier alpha value is -9.18. The fourth-order valence-electron chi connectivity index (χ4n) is 11.8. The summed E-state index contributed by atoms with van der Waals surface area (Å²) in [6, 6.07) is 100. The van der Waals surface area contributed by atoms with Gasteiger partial charge in [0.15, 0.2) is 0 Å². The van der Waals surface area contributed by atoms with E-state index in [2.05, 4.69) is 287 Å². The molecule has 0 bridgehead atoms. The normalized spacial score (nSPS) is 14.1. The van der Waals surface area contributed by atoms with Gasteiger partial charge in [-0.15, -0.1) is 0 Å². The number of fused-ring (bicyclic) bond motifs is 12. The molecule has 70 heavy (non-hydrogen) atoms. The Labute approximate surface area is 408 Å². The topological polar surface area (TPSA) is 11.4 Å². The molecule has 3 nitrogen and oxygen atoms in total. The van der Waals surface area contributed by atoms with Crippen molar-refractivity contribution in [3.63, 3.8) is 0 Å². The first-order valence-electron chi connectivity index (χ1n) is 24.2.